The molecule has 14 heavy (non-hydrogen) atoms. The van der Waals surface area contributed by atoms with Crippen LogP contribution in [0, 0.1) is 0 Å². The fourth-order valence-electron chi connectivity index (χ4n) is 2.52. The lowest BCUT2D eigenvalue weighted by atomic mass is 10.00. The lowest BCUT2D eigenvalue weighted by molar-refractivity contribution is -0.136. The van der Waals surface area contributed by atoms with Gasteiger partial charge in [0.25, 0.3) is 0 Å². The van der Waals surface area contributed by atoms with Gasteiger partial charge in [-0.25, -0.2) is 0 Å². The molecule has 0 aromatic rings. The van der Waals surface area contributed by atoms with Crippen molar-refractivity contribution >= 4 is 5.97 Å². The van der Waals surface area contributed by atoms with E-state index in [-0.39, 0.29) is 6.42 Å². The number of rotatable bonds is 3. The minimum Gasteiger partial charge on any atom is -0.481 e. The van der Waals surface area contributed by atoms with Gasteiger partial charge in [0.1, 0.15) is 0 Å². The lowest BCUT2D eigenvalue weighted by Gasteiger charge is -2.06. The molecule has 0 aliphatic heterocycles. The Balaban J connectivity index is 2.17. The van der Waals surface area contributed by atoms with Crippen molar-refractivity contribution in [1.82, 2.24) is 0 Å². The average Bonchev–Trinajstić information content (AvgIpc) is 2.70. The molecule has 0 atom stereocenters. The SMILES string of the molecule is O=C(O)CC1=C(C2=CCCC2)CCC1. The van der Waals surface area contributed by atoms with Crippen molar-refractivity contribution in [2.75, 3.05) is 0 Å². The molecule has 2 aliphatic carbocycles. The van der Waals surface area contributed by atoms with Gasteiger partial charge in [-0.05, 0) is 49.7 Å². The fraction of sp³-hybridized carbons (Fsp3) is 0.583. The lowest BCUT2D eigenvalue weighted by Crippen LogP contribution is -1.98. The molecule has 0 unspecified atom stereocenters. The number of carbonyl (C=O) groups is 1. The molecular formula is C12H16O2. The predicted molar refractivity (Wildman–Crippen MR) is 55.1 cm³/mol. The van der Waals surface area contributed by atoms with Crippen LogP contribution in [0.3, 0.4) is 0 Å². The molecule has 0 saturated heterocycles. The topological polar surface area (TPSA) is 37.3 Å². The standard InChI is InChI=1S/C12H16O2/c13-12(14)8-10-6-3-7-11(10)9-4-1-2-5-9/h4H,1-3,5-8H2,(H,13,14). The van der Waals surface area contributed by atoms with Crippen LogP contribution in [0.5, 0.6) is 0 Å². The normalized spacial score (nSPS) is 21.6. The van der Waals surface area contributed by atoms with Gasteiger partial charge in [0.15, 0.2) is 0 Å². The molecule has 2 nitrogen and oxygen atoms in total. The second-order valence-electron chi connectivity index (χ2n) is 4.13. The molecule has 0 radical (unpaired) electrons. The maximum Gasteiger partial charge on any atom is 0.307 e. The molecule has 76 valence electrons. The number of carboxylic acids is 1. The van der Waals surface area contributed by atoms with E-state index in [1.165, 1.54) is 36.0 Å². The zero-order valence-electron chi connectivity index (χ0n) is 8.38. The minimum atomic E-state index is -0.682. The summed E-state index contributed by atoms with van der Waals surface area (Å²) < 4.78 is 0. The molecule has 0 saturated carbocycles. The Morgan fingerprint density at radius 1 is 1.29 bits per heavy atom. The van der Waals surface area contributed by atoms with Crippen molar-refractivity contribution in [2.24, 2.45) is 0 Å². The maximum atomic E-state index is 10.7. The van der Waals surface area contributed by atoms with Crippen LogP contribution in [0.4, 0.5) is 0 Å². The van der Waals surface area contributed by atoms with Crippen molar-refractivity contribution in [3.05, 3.63) is 22.8 Å². The Morgan fingerprint density at radius 2 is 2.14 bits per heavy atom. The molecule has 1 N–H and O–H groups in total. The first-order valence-electron chi connectivity index (χ1n) is 5.39. The highest BCUT2D eigenvalue weighted by Gasteiger charge is 2.20. The molecule has 0 fully saturated rings. The second kappa shape index (κ2) is 3.99. The first-order valence-corrected chi connectivity index (χ1v) is 5.39. The number of hydrogen-bond donors (Lipinski definition) is 1. The summed E-state index contributed by atoms with van der Waals surface area (Å²) in [7, 11) is 0. The molecular weight excluding hydrogens is 176 g/mol. The highest BCUT2D eigenvalue weighted by molar-refractivity contribution is 5.71. The van der Waals surface area contributed by atoms with Gasteiger partial charge in [0.2, 0.25) is 0 Å². The molecule has 0 aromatic carbocycles. The third kappa shape index (κ3) is 1.89. The zero-order valence-corrected chi connectivity index (χ0v) is 8.38. The Morgan fingerprint density at radius 3 is 2.79 bits per heavy atom. The van der Waals surface area contributed by atoms with Gasteiger partial charge in [-0.1, -0.05) is 11.6 Å². The second-order valence-corrected chi connectivity index (χ2v) is 4.13. The Hall–Kier alpha value is -1.05. The molecule has 2 rings (SSSR count). The third-order valence-electron chi connectivity index (χ3n) is 3.13. The van der Waals surface area contributed by atoms with Crippen LogP contribution in [-0.2, 0) is 4.79 Å². The highest BCUT2D eigenvalue weighted by Crippen LogP contribution is 2.37. The van der Waals surface area contributed by atoms with E-state index in [0.717, 1.165) is 19.3 Å². The summed E-state index contributed by atoms with van der Waals surface area (Å²) in [5, 5.41) is 8.78. The molecule has 0 spiro atoms. The summed E-state index contributed by atoms with van der Waals surface area (Å²) in [4.78, 5) is 10.7. The summed E-state index contributed by atoms with van der Waals surface area (Å²) in [6.07, 6.45) is 9.40. The van der Waals surface area contributed by atoms with Crippen LogP contribution in [0.2, 0.25) is 0 Å². The van der Waals surface area contributed by atoms with Crippen LogP contribution in [0.25, 0.3) is 0 Å². The van der Waals surface area contributed by atoms with Gasteiger partial charge >= 0.3 is 5.97 Å². The Bertz CT molecular complexity index is 310. The smallest absolute Gasteiger partial charge is 0.307 e. The summed E-state index contributed by atoms with van der Waals surface area (Å²) in [5.41, 5.74) is 4.01. The number of aliphatic carboxylic acids is 1. The largest absolute Gasteiger partial charge is 0.481 e. The van der Waals surface area contributed by atoms with E-state index in [2.05, 4.69) is 6.08 Å². The van der Waals surface area contributed by atoms with Gasteiger partial charge in [-0.15, -0.1) is 0 Å². The molecule has 0 aromatic heterocycles. The monoisotopic (exact) mass is 192 g/mol. The van der Waals surface area contributed by atoms with Crippen LogP contribution in [0.1, 0.15) is 44.9 Å². The van der Waals surface area contributed by atoms with Crippen LogP contribution in [0.15, 0.2) is 22.8 Å². The quantitative estimate of drug-likeness (QED) is 0.746. The molecule has 0 bridgehead atoms. The van der Waals surface area contributed by atoms with Crippen LogP contribution < -0.4 is 0 Å². The Kier molecular flexibility index (Phi) is 2.71. The maximum absolute atomic E-state index is 10.7. The predicted octanol–water partition coefficient (Wildman–Crippen LogP) is 3.05. The first-order chi connectivity index (χ1) is 6.77. The first kappa shape index (κ1) is 9.50. The zero-order chi connectivity index (χ0) is 9.97. The van der Waals surface area contributed by atoms with Gasteiger partial charge in [-0.3, -0.25) is 4.79 Å². The van der Waals surface area contributed by atoms with E-state index >= 15 is 0 Å². The van der Waals surface area contributed by atoms with Crippen molar-refractivity contribution < 1.29 is 9.90 Å². The van der Waals surface area contributed by atoms with Crippen molar-refractivity contribution in [3.63, 3.8) is 0 Å². The molecule has 0 heterocycles. The van der Waals surface area contributed by atoms with E-state index in [9.17, 15) is 4.79 Å². The van der Waals surface area contributed by atoms with Crippen LogP contribution in [-0.4, -0.2) is 11.1 Å². The van der Waals surface area contributed by atoms with E-state index in [4.69, 9.17) is 5.11 Å². The number of carboxylic acid groups (broad SMARTS) is 1. The van der Waals surface area contributed by atoms with Crippen molar-refractivity contribution in [2.45, 2.75) is 44.9 Å². The summed E-state index contributed by atoms with van der Waals surface area (Å²) in [6.45, 7) is 0. The Labute approximate surface area is 84.3 Å². The van der Waals surface area contributed by atoms with E-state index in [1.54, 1.807) is 0 Å². The summed E-state index contributed by atoms with van der Waals surface area (Å²) >= 11 is 0. The van der Waals surface area contributed by atoms with Gasteiger partial charge in [0.05, 0.1) is 6.42 Å². The molecule has 2 heteroatoms. The average molecular weight is 192 g/mol. The van der Waals surface area contributed by atoms with Gasteiger partial charge < -0.3 is 5.11 Å². The molecule has 2 aliphatic rings. The van der Waals surface area contributed by atoms with E-state index < -0.39 is 5.97 Å². The highest BCUT2D eigenvalue weighted by atomic mass is 16.4. The number of allylic oxidation sites excluding steroid dienone is 3. The van der Waals surface area contributed by atoms with Crippen LogP contribution >= 0.6 is 0 Å². The van der Waals surface area contributed by atoms with E-state index in [1.807, 2.05) is 0 Å². The fourth-order valence-corrected chi connectivity index (χ4v) is 2.52. The van der Waals surface area contributed by atoms with Crippen molar-refractivity contribution in [3.8, 4) is 0 Å². The number of hydrogen-bond acceptors (Lipinski definition) is 1. The van der Waals surface area contributed by atoms with Gasteiger partial charge in [-0.2, -0.15) is 0 Å². The third-order valence-corrected chi connectivity index (χ3v) is 3.13. The summed E-state index contributed by atoms with van der Waals surface area (Å²) in [5.74, 6) is -0.682. The minimum absolute atomic E-state index is 0.257. The summed E-state index contributed by atoms with van der Waals surface area (Å²) in [6, 6.07) is 0. The van der Waals surface area contributed by atoms with E-state index in [0.29, 0.717) is 0 Å². The molecule has 0 amide bonds. The van der Waals surface area contributed by atoms with Crippen molar-refractivity contribution in [1.29, 1.82) is 0 Å². The van der Waals surface area contributed by atoms with Gasteiger partial charge in [0, 0.05) is 0 Å².